The second kappa shape index (κ2) is 8.47. The molecule has 9 heteroatoms. The molecule has 0 bridgehead atoms. The van der Waals surface area contributed by atoms with Gasteiger partial charge in [-0.1, -0.05) is 24.2 Å². The highest BCUT2D eigenvalue weighted by molar-refractivity contribution is 5.77. The van der Waals surface area contributed by atoms with E-state index in [0.717, 1.165) is 55.8 Å². The normalized spacial score (nSPS) is 15.9. The molecule has 3 heterocycles. The highest BCUT2D eigenvalue weighted by atomic mass is 16.5. The standard InChI is InChI=1S/C19H25N7O2/c1-2-19-21-17(24-28-19)12-25-9-7-14(8-10-25)11-20-18(27)13-26-22-15-5-3-4-6-16(15)23-26/h3-6,14H,2,7-13H2,1H3,(H,20,27). The topological polar surface area (TPSA) is 102 Å². The van der Waals surface area contributed by atoms with E-state index in [1.165, 1.54) is 4.80 Å². The lowest BCUT2D eigenvalue weighted by molar-refractivity contribution is -0.122. The van der Waals surface area contributed by atoms with Gasteiger partial charge in [-0.3, -0.25) is 9.69 Å². The molecular formula is C19H25N7O2. The molecule has 9 nitrogen and oxygen atoms in total. The van der Waals surface area contributed by atoms with Crippen molar-refractivity contribution in [3.05, 3.63) is 36.0 Å². The van der Waals surface area contributed by atoms with E-state index < -0.39 is 0 Å². The summed E-state index contributed by atoms with van der Waals surface area (Å²) in [4.78, 5) is 20.4. The van der Waals surface area contributed by atoms with Crippen LogP contribution in [-0.2, 0) is 24.3 Å². The zero-order valence-electron chi connectivity index (χ0n) is 16.0. The first-order valence-corrected chi connectivity index (χ1v) is 9.80. The number of likely N-dealkylation sites (tertiary alicyclic amines) is 1. The summed E-state index contributed by atoms with van der Waals surface area (Å²) < 4.78 is 5.16. The molecule has 2 aromatic heterocycles. The number of aromatic nitrogens is 5. The molecule has 1 aliphatic rings. The third-order valence-electron chi connectivity index (χ3n) is 5.09. The molecule has 0 radical (unpaired) electrons. The average molecular weight is 383 g/mol. The summed E-state index contributed by atoms with van der Waals surface area (Å²) in [5.74, 6) is 1.87. The van der Waals surface area contributed by atoms with Crippen LogP contribution >= 0.6 is 0 Å². The number of rotatable bonds is 7. The minimum atomic E-state index is -0.0540. The Hall–Kier alpha value is -2.81. The van der Waals surface area contributed by atoms with Crippen LogP contribution in [0.5, 0.6) is 0 Å². The van der Waals surface area contributed by atoms with E-state index in [1.54, 1.807) is 0 Å². The van der Waals surface area contributed by atoms with Gasteiger partial charge in [0.1, 0.15) is 17.6 Å². The van der Waals surface area contributed by atoms with Crippen LogP contribution in [-0.4, -0.2) is 55.6 Å². The number of piperidine rings is 1. The van der Waals surface area contributed by atoms with Gasteiger partial charge in [0, 0.05) is 13.0 Å². The molecule has 1 fully saturated rings. The first kappa shape index (κ1) is 18.5. The molecule has 0 atom stereocenters. The zero-order valence-corrected chi connectivity index (χ0v) is 16.0. The van der Waals surface area contributed by atoms with Crippen LogP contribution in [0.15, 0.2) is 28.8 Å². The number of nitrogens with zero attached hydrogens (tertiary/aromatic N) is 6. The Morgan fingerprint density at radius 2 is 1.93 bits per heavy atom. The fourth-order valence-electron chi connectivity index (χ4n) is 3.46. The number of benzene rings is 1. The highest BCUT2D eigenvalue weighted by Crippen LogP contribution is 2.18. The summed E-state index contributed by atoms with van der Waals surface area (Å²) >= 11 is 0. The lowest BCUT2D eigenvalue weighted by Gasteiger charge is -2.31. The van der Waals surface area contributed by atoms with E-state index in [-0.39, 0.29) is 12.5 Å². The monoisotopic (exact) mass is 383 g/mol. The highest BCUT2D eigenvalue weighted by Gasteiger charge is 2.21. The van der Waals surface area contributed by atoms with Crippen molar-refractivity contribution in [2.75, 3.05) is 19.6 Å². The van der Waals surface area contributed by atoms with Gasteiger partial charge < -0.3 is 9.84 Å². The number of hydrogen-bond acceptors (Lipinski definition) is 7. The van der Waals surface area contributed by atoms with Crippen molar-refractivity contribution >= 4 is 16.9 Å². The summed E-state index contributed by atoms with van der Waals surface area (Å²) in [6, 6.07) is 7.61. The predicted molar refractivity (Wildman–Crippen MR) is 102 cm³/mol. The lowest BCUT2D eigenvalue weighted by Crippen LogP contribution is -2.39. The molecule has 28 heavy (non-hydrogen) atoms. The van der Waals surface area contributed by atoms with Crippen molar-refractivity contribution in [2.24, 2.45) is 5.92 Å². The van der Waals surface area contributed by atoms with E-state index in [9.17, 15) is 4.79 Å². The van der Waals surface area contributed by atoms with Crippen LogP contribution in [0, 0.1) is 5.92 Å². The molecule has 0 saturated carbocycles. The molecule has 148 valence electrons. The SMILES string of the molecule is CCc1nc(CN2CCC(CNC(=O)Cn3nc4ccccc4n3)CC2)no1. The summed E-state index contributed by atoms with van der Waals surface area (Å²) in [6.45, 7) is 5.51. The van der Waals surface area contributed by atoms with Crippen LogP contribution in [0.2, 0.25) is 0 Å². The van der Waals surface area contributed by atoms with E-state index in [2.05, 4.69) is 30.6 Å². The predicted octanol–water partition coefficient (Wildman–Crippen LogP) is 1.41. The molecule has 3 aromatic rings. The minimum Gasteiger partial charge on any atom is -0.354 e. The molecule has 1 N–H and O–H groups in total. The van der Waals surface area contributed by atoms with Gasteiger partial charge in [-0.25, -0.2) is 0 Å². The third kappa shape index (κ3) is 4.53. The van der Waals surface area contributed by atoms with E-state index in [4.69, 9.17) is 4.52 Å². The average Bonchev–Trinajstić information content (AvgIpc) is 3.33. The van der Waals surface area contributed by atoms with Gasteiger partial charge in [-0.05, 0) is 44.0 Å². The fourth-order valence-corrected chi connectivity index (χ4v) is 3.46. The van der Waals surface area contributed by atoms with E-state index in [0.29, 0.717) is 18.4 Å². The molecule has 1 amide bonds. The number of amides is 1. The summed E-state index contributed by atoms with van der Waals surface area (Å²) in [5, 5.41) is 15.7. The Kier molecular flexibility index (Phi) is 5.61. The number of hydrogen-bond donors (Lipinski definition) is 1. The molecule has 1 aromatic carbocycles. The third-order valence-corrected chi connectivity index (χ3v) is 5.09. The summed E-state index contributed by atoms with van der Waals surface area (Å²) in [5.41, 5.74) is 1.60. The van der Waals surface area contributed by atoms with Crippen molar-refractivity contribution in [1.29, 1.82) is 0 Å². The largest absolute Gasteiger partial charge is 0.354 e. The van der Waals surface area contributed by atoms with Crippen LogP contribution in [0.1, 0.15) is 31.5 Å². The van der Waals surface area contributed by atoms with Crippen molar-refractivity contribution in [2.45, 2.75) is 39.3 Å². The molecule has 1 saturated heterocycles. The maximum Gasteiger partial charge on any atom is 0.243 e. The first-order valence-electron chi connectivity index (χ1n) is 9.80. The van der Waals surface area contributed by atoms with Gasteiger partial charge in [0.2, 0.25) is 11.8 Å². The van der Waals surface area contributed by atoms with Crippen LogP contribution in [0.4, 0.5) is 0 Å². The number of nitrogens with one attached hydrogen (secondary N) is 1. The van der Waals surface area contributed by atoms with Crippen molar-refractivity contribution in [3.8, 4) is 0 Å². The number of fused-ring (bicyclic) bond motifs is 1. The number of carbonyl (C=O) groups excluding carboxylic acids is 1. The maximum absolute atomic E-state index is 12.2. The minimum absolute atomic E-state index is 0.0540. The van der Waals surface area contributed by atoms with Gasteiger partial charge in [-0.2, -0.15) is 20.0 Å². The molecule has 4 rings (SSSR count). The zero-order chi connectivity index (χ0) is 19.3. The maximum atomic E-state index is 12.2. The first-order chi connectivity index (χ1) is 13.7. The molecule has 0 aliphatic carbocycles. The van der Waals surface area contributed by atoms with Crippen molar-refractivity contribution < 1.29 is 9.32 Å². The van der Waals surface area contributed by atoms with Crippen LogP contribution < -0.4 is 5.32 Å². The van der Waals surface area contributed by atoms with Gasteiger partial charge in [0.05, 0.1) is 6.54 Å². The second-order valence-electron chi connectivity index (χ2n) is 7.20. The quantitative estimate of drug-likeness (QED) is 0.658. The molecule has 0 spiro atoms. The second-order valence-corrected chi connectivity index (χ2v) is 7.20. The lowest BCUT2D eigenvalue weighted by atomic mass is 9.97. The van der Waals surface area contributed by atoms with Crippen molar-refractivity contribution in [1.82, 2.24) is 35.4 Å². The number of carbonyl (C=O) groups is 1. The van der Waals surface area contributed by atoms with Gasteiger partial charge in [0.25, 0.3) is 0 Å². The van der Waals surface area contributed by atoms with Gasteiger partial charge in [0.15, 0.2) is 5.82 Å². The van der Waals surface area contributed by atoms with Gasteiger partial charge in [-0.15, -0.1) is 0 Å². The van der Waals surface area contributed by atoms with E-state index in [1.807, 2.05) is 31.2 Å². The van der Waals surface area contributed by atoms with Crippen LogP contribution in [0.3, 0.4) is 0 Å². The Morgan fingerprint density at radius 3 is 2.57 bits per heavy atom. The summed E-state index contributed by atoms with van der Waals surface area (Å²) in [7, 11) is 0. The Morgan fingerprint density at radius 1 is 1.21 bits per heavy atom. The van der Waals surface area contributed by atoms with Crippen molar-refractivity contribution in [3.63, 3.8) is 0 Å². The Labute approximate surface area is 163 Å². The number of aryl methyl sites for hydroxylation is 1. The Bertz CT molecular complexity index is 894. The molecule has 1 aliphatic heterocycles. The summed E-state index contributed by atoms with van der Waals surface area (Å²) in [6.07, 6.45) is 2.85. The fraction of sp³-hybridized carbons (Fsp3) is 0.526. The van der Waals surface area contributed by atoms with E-state index >= 15 is 0 Å². The smallest absolute Gasteiger partial charge is 0.243 e. The van der Waals surface area contributed by atoms with Gasteiger partial charge >= 0.3 is 0 Å². The Balaban J connectivity index is 1.19. The van der Waals surface area contributed by atoms with Crippen LogP contribution in [0.25, 0.3) is 11.0 Å². The molecular weight excluding hydrogens is 358 g/mol. The molecule has 0 unspecified atom stereocenters.